The van der Waals surface area contributed by atoms with E-state index < -0.39 is 0 Å². The third-order valence-electron chi connectivity index (χ3n) is 5.95. The Morgan fingerprint density at radius 3 is 1.88 bits per heavy atom. The van der Waals surface area contributed by atoms with Crippen molar-refractivity contribution in [2.24, 2.45) is 0 Å². The van der Waals surface area contributed by atoms with Gasteiger partial charge in [-0.15, -0.1) is 0 Å². The number of ether oxygens (including phenoxy) is 1. The summed E-state index contributed by atoms with van der Waals surface area (Å²) in [5.41, 5.74) is 1.88. The Kier molecular flexibility index (Phi) is 12.7. The third-order valence-corrected chi connectivity index (χ3v) is 5.95. The largest absolute Gasteiger partial charge is 0.456 e. The zero-order valence-electron chi connectivity index (χ0n) is 19.7. The highest BCUT2D eigenvalue weighted by molar-refractivity contribution is 5.55. The Balaban J connectivity index is 1.62. The van der Waals surface area contributed by atoms with E-state index in [0.717, 1.165) is 6.42 Å². The quantitative estimate of drug-likeness (QED) is 0.250. The van der Waals surface area contributed by atoms with Crippen LogP contribution in [0.15, 0.2) is 42.5 Å². The molecule has 2 aromatic carbocycles. The fraction of sp³-hybridized carbons (Fsp3) is 0.517. The number of nitrogens with zero attached hydrogens (tertiary/aromatic N) is 2. The van der Waals surface area contributed by atoms with E-state index in [2.05, 4.69) is 19.1 Å². The van der Waals surface area contributed by atoms with Crippen LogP contribution in [0, 0.1) is 22.7 Å². The second-order valence-electron chi connectivity index (χ2n) is 8.64. The summed E-state index contributed by atoms with van der Waals surface area (Å²) in [7, 11) is 0. The number of unbranched alkanes of at least 4 members (excludes halogenated alkanes) is 12. The Morgan fingerprint density at radius 1 is 0.688 bits per heavy atom. The molecule has 0 aliphatic heterocycles. The molecule has 32 heavy (non-hydrogen) atoms. The van der Waals surface area contributed by atoms with Gasteiger partial charge in [0.1, 0.15) is 29.2 Å². The van der Waals surface area contributed by atoms with Crippen LogP contribution in [0.25, 0.3) is 0 Å². The standard InChI is InChI=1S/C29H38N2O/c1-2-3-4-5-6-7-8-9-10-11-12-13-14-17-25-18-15-20-27(22-25)32-29-21-16-19-26(23-30)28(29)24-31/h15-16,18-22H,2-14,17H2,1H3. The maximum absolute atomic E-state index is 9.37. The summed E-state index contributed by atoms with van der Waals surface area (Å²) in [6.45, 7) is 2.27. The average molecular weight is 431 g/mol. The second-order valence-corrected chi connectivity index (χ2v) is 8.64. The van der Waals surface area contributed by atoms with Gasteiger partial charge in [0.15, 0.2) is 0 Å². The van der Waals surface area contributed by atoms with Crippen LogP contribution in [0.4, 0.5) is 0 Å². The maximum atomic E-state index is 9.37. The molecular formula is C29H38N2O. The minimum absolute atomic E-state index is 0.289. The van der Waals surface area contributed by atoms with E-state index in [4.69, 9.17) is 4.74 Å². The number of benzene rings is 2. The lowest BCUT2D eigenvalue weighted by atomic mass is 10.0. The summed E-state index contributed by atoms with van der Waals surface area (Å²) in [4.78, 5) is 0. The number of hydrogen-bond donors (Lipinski definition) is 0. The molecular weight excluding hydrogens is 392 g/mol. The van der Waals surface area contributed by atoms with Gasteiger partial charge in [-0.2, -0.15) is 10.5 Å². The summed E-state index contributed by atoms with van der Waals surface area (Å²) in [6, 6.07) is 17.3. The highest BCUT2D eigenvalue weighted by Gasteiger charge is 2.10. The van der Waals surface area contributed by atoms with E-state index in [1.807, 2.05) is 24.3 Å². The molecule has 3 nitrogen and oxygen atoms in total. The summed E-state index contributed by atoms with van der Waals surface area (Å²) < 4.78 is 5.93. The van der Waals surface area contributed by atoms with Crippen molar-refractivity contribution in [1.29, 1.82) is 10.5 Å². The van der Waals surface area contributed by atoms with Crippen LogP contribution in [0.5, 0.6) is 11.5 Å². The van der Waals surface area contributed by atoms with E-state index in [-0.39, 0.29) is 5.56 Å². The van der Waals surface area contributed by atoms with E-state index in [9.17, 15) is 10.5 Å². The molecule has 0 amide bonds. The molecule has 170 valence electrons. The lowest BCUT2D eigenvalue weighted by molar-refractivity contribution is 0.480. The zero-order chi connectivity index (χ0) is 22.9. The summed E-state index contributed by atoms with van der Waals surface area (Å²) in [6.07, 6.45) is 18.8. The van der Waals surface area contributed by atoms with Gasteiger partial charge in [-0.3, -0.25) is 0 Å². The van der Waals surface area contributed by atoms with E-state index in [0.29, 0.717) is 17.1 Å². The summed E-state index contributed by atoms with van der Waals surface area (Å²) in [5, 5.41) is 18.5. The molecule has 0 saturated heterocycles. The van der Waals surface area contributed by atoms with Gasteiger partial charge in [-0.1, -0.05) is 102 Å². The number of rotatable bonds is 16. The molecule has 0 aliphatic rings. The minimum atomic E-state index is 0.289. The first-order valence-electron chi connectivity index (χ1n) is 12.5. The van der Waals surface area contributed by atoms with Crippen molar-refractivity contribution in [2.75, 3.05) is 0 Å². The number of hydrogen-bond acceptors (Lipinski definition) is 3. The van der Waals surface area contributed by atoms with Gasteiger partial charge < -0.3 is 4.74 Å². The Labute approximate surface area is 195 Å². The first-order valence-corrected chi connectivity index (χ1v) is 12.5. The van der Waals surface area contributed by atoms with Gasteiger partial charge in [-0.25, -0.2) is 0 Å². The van der Waals surface area contributed by atoms with Crippen LogP contribution in [-0.2, 0) is 6.42 Å². The van der Waals surface area contributed by atoms with Crippen LogP contribution in [0.3, 0.4) is 0 Å². The van der Waals surface area contributed by atoms with Gasteiger partial charge in [0.05, 0.1) is 5.56 Å². The zero-order valence-corrected chi connectivity index (χ0v) is 19.7. The predicted octanol–water partition coefficient (Wildman–Crippen LogP) is 8.86. The molecule has 0 bridgehead atoms. The fourth-order valence-electron chi connectivity index (χ4n) is 4.06. The molecule has 0 atom stereocenters. The first kappa shape index (κ1) is 25.5. The molecule has 0 radical (unpaired) electrons. The Morgan fingerprint density at radius 2 is 1.28 bits per heavy atom. The van der Waals surface area contributed by atoms with Gasteiger partial charge in [-0.05, 0) is 42.7 Å². The second kappa shape index (κ2) is 15.9. The van der Waals surface area contributed by atoms with Gasteiger partial charge in [0.25, 0.3) is 0 Å². The normalized spacial score (nSPS) is 10.5. The molecule has 0 saturated carbocycles. The van der Waals surface area contributed by atoms with Crippen LogP contribution < -0.4 is 4.74 Å². The van der Waals surface area contributed by atoms with E-state index in [1.165, 1.54) is 89.0 Å². The lowest BCUT2D eigenvalue weighted by Crippen LogP contribution is -1.93. The average Bonchev–Trinajstić information content (AvgIpc) is 2.82. The van der Waals surface area contributed by atoms with Crippen molar-refractivity contribution in [3.8, 4) is 23.6 Å². The van der Waals surface area contributed by atoms with Gasteiger partial charge in [0, 0.05) is 0 Å². The molecule has 0 heterocycles. The van der Waals surface area contributed by atoms with Crippen LogP contribution in [0.1, 0.15) is 107 Å². The molecule has 3 heteroatoms. The Hall–Kier alpha value is -2.78. The van der Waals surface area contributed by atoms with Crippen molar-refractivity contribution >= 4 is 0 Å². The Bertz CT molecular complexity index is 875. The van der Waals surface area contributed by atoms with Crippen LogP contribution in [-0.4, -0.2) is 0 Å². The number of aryl methyl sites for hydroxylation is 1. The van der Waals surface area contributed by atoms with Crippen molar-refractivity contribution in [3.63, 3.8) is 0 Å². The van der Waals surface area contributed by atoms with E-state index in [1.54, 1.807) is 18.2 Å². The van der Waals surface area contributed by atoms with Crippen LogP contribution >= 0.6 is 0 Å². The highest BCUT2D eigenvalue weighted by Crippen LogP contribution is 2.28. The summed E-state index contributed by atoms with van der Waals surface area (Å²) in [5.74, 6) is 1.15. The highest BCUT2D eigenvalue weighted by atomic mass is 16.5. The van der Waals surface area contributed by atoms with E-state index >= 15 is 0 Å². The third kappa shape index (κ3) is 9.57. The van der Waals surface area contributed by atoms with Crippen LogP contribution in [0.2, 0.25) is 0 Å². The fourth-order valence-corrected chi connectivity index (χ4v) is 4.06. The number of nitriles is 2. The van der Waals surface area contributed by atoms with Crippen molar-refractivity contribution in [1.82, 2.24) is 0 Å². The minimum Gasteiger partial charge on any atom is -0.456 e. The van der Waals surface area contributed by atoms with Gasteiger partial charge >= 0.3 is 0 Å². The molecule has 0 fully saturated rings. The SMILES string of the molecule is CCCCCCCCCCCCCCCc1cccc(Oc2cccc(C#N)c2C#N)c1. The molecule has 0 unspecified atom stereocenters. The molecule has 0 spiro atoms. The molecule has 0 N–H and O–H groups in total. The van der Waals surface area contributed by atoms with Crippen molar-refractivity contribution < 1.29 is 4.74 Å². The molecule has 0 aromatic heterocycles. The predicted molar refractivity (Wildman–Crippen MR) is 132 cm³/mol. The summed E-state index contributed by atoms with van der Waals surface area (Å²) >= 11 is 0. The molecule has 0 aliphatic carbocycles. The maximum Gasteiger partial charge on any atom is 0.146 e. The first-order chi connectivity index (χ1) is 15.8. The molecule has 2 rings (SSSR count). The van der Waals surface area contributed by atoms with Crippen molar-refractivity contribution in [3.05, 3.63) is 59.2 Å². The van der Waals surface area contributed by atoms with Gasteiger partial charge in [0.2, 0.25) is 0 Å². The molecule has 2 aromatic rings. The topological polar surface area (TPSA) is 56.8 Å². The monoisotopic (exact) mass is 430 g/mol. The van der Waals surface area contributed by atoms with Crippen molar-refractivity contribution in [2.45, 2.75) is 96.8 Å². The lowest BCUT2D eigenvalue weighted by Gasteiger charge is -2.10. The smallest absolute Gasteiger partial charge is 0.146 e.